The van der Waals surface area contributed by atoms with Gasteiger partial charge in [0.15, 0.2) is 0 Å². The minimum Gasteiger partial charge on any atom is -0.772 e. The Labute approximate surface area is 204 Å². The molecule has 1 amide bonds. The van der Waals surface area contributed by atoms with Crippen molar-refractivity contribution in [3.8, 4) is 5.75 Å². The van der Waals surface area contributed by atoms with E-state index in [1.165, 1.54) is 28.6 Å². The quantitative estimate of drug-likeness (QED) is 0.391. The van der Waals surface area contributed by atoms with E-state index in [2.05, 4.69) is 5.32 Å². The minimum atomic E-state index is -3.66. The Bertz CT molecular complexity index is 1110. The highest BCUT2D eigenvalue weighted by molar-refractivity contribution is 7.89. The molecule has 1 N–H and O–H groups in total. The summed E-state index contributed by atoms with van der Waals surface area (Å²) in [6.07, 6.45) is 2.03. The van der Waals surface area contributed by atoms with Crippen LogP contribution in [-0.2, 0) is 31.7 Å². The van der Waals surface area contributed by atoms with Crippen molar-refractivity contribution in [3.63, 3.8) is 0 Å². The summed E-state index contributed by atoms with van der Waals surface area (Å²) in [5, 5.41) is 3.00. The van der Waals surface area contributed by atoms with Gasteiger partial charge in [0.2, 0.25) is 15.9 Å². The maximum Gasteiger partial charge on any atom is 0.243 e. The van der Waals surface area contributed by atoms with Crippen molar-refractivity contribution in [2.75, 3.05) is 19.7 Å². The van der Waals surface area contributed by atoms with Crippen molar-refractivity contribution in [2.24, 2.45) is 0 Å². The van der Waals surface area contributed by atoms with Crippen LogP contribution in [0.3, 0.4) is 0 Å². The standard InChI is InChI=1S/C24H32N2O6S2/c1-18-5-6-19(2)23(16-18)32-15-3-4-24(27)25-21-11-13-26(14-12-21)34(30,31)22-9-7-20(8-10-22)17-33(28)29/h5-10,16,21H,3-4,11-15,17H2,1-2H3,(H,25,27)(H,28,29)/p-1. The average molecular weight is 508 g/mol. The fourth-order valence-electron chi connectivity index (χ4n) is 3.86. The van der Waals surface area contributed by atoms with Crippen LogP contribution in [0.1, 0.15) is 42.4 Å². The van der Waals surface area contributed by atoms with Crippen molar-refractivity contribution < 1.29 is 26.7 Å². The zero-order valence-corrected chi connectivity index (χ0v) is 21.1. The van der Waals surface area contributed by atoms with E-state index in [9.17, 15) is 22.0 Å². The average Bonchev–Trinajstić information content (AvgIpc) is 2.79. The Kier molecular flexibility index (Phi) is 9.24. The molecule has 1 aliphatic rings. The molecule has 10 heteroatoms. The predicted molar refractivity (Wildman–Crippen MR) is 130 cm³/mol. The van der Waals surface area contributed by atoms with Crippen LogP contribution in [0.4, 0.5) is 0 Å². The fourth-order valence-corrected chi connectivity index (χ4v) is 5.80. The first-order valence-corrected chi connectivity index (χ1v) is 14.0. The molecule has 0 aromatic heterocycles. The number of piperidine rings is 1. The summed E-state index contributed by atoms with van der Waals surface area (Å²) in [4.78, 5) is 12.4. The van der Waals surface area contributed by atoms with Crippen LogP contribution in [0.2, 0.25) is 0 Å². The SMILES string of the molecule is Cc1ccc(C)c(OCCCC(=O)NC2CCN(S(=O)(=O)c3ccc(CS(=O)[O-])cc3)CC2)c1. The van der Waals surface area contributed by atoms with Gasteiger partial charge in [0.25, 0.3) is 0 Å². The van der Waals surface area contributed by atoms with E-state index in [4.69, 9.17) is 4.74 Å². The highest BCUT2D eigenvalue weighted by atomic mass is 32.2. The number of carbonyl (C=O) groups excluding carboxylic acids is 1. The lowest BCUT2D eigenvalue weighted by molar-refractivity contribution is -0.122. The van der Waals surface area contributed by atoms with E-state index in [1.807, 2.05) is 32.0 Å². The Morgan fingerprint density at radius 3 is 2.47 bits per heavy atom. The van der Waals surface area contributed by atoms with Gasteiger partial charge in [-0.2, -0.15) is 4.31 Å². The molecule has 0 bridgehead atoms. The molecule has 2 aromatic rings. The number of nitrogens with zero attached hydrogens (tertiary/aromatic N) is 1. The summed E-state index contributed by atoms with van der Waals surface area (Å²) >= 11 is -2.22. The summed E-state index contributed by atoms with van der Waals surface area (Å²) in [6.45, 7) is 5.08. The van der Waals surface area contributed by atoms with Crippen LogP contribution in [0.5, 0.6) is 5.75 Å². The second-order valence-corrected chi connectivity index (χ2v) is 11.4. The van der Waals surface area contributed by atoms with Crippen molar-refractivity contribution in [2.45, 2.75) is 56.2 Å². The van der Waals surface area contributed by atoms with Gasteiger partial charge < -0.3 is 14.6 Å². The Hall–Kier alpha value is -2.27. The van der Waals surface area contributed by atoms with Crippen molar-refractivity contribution in [3.05, 3.63) is 59.2 Å². The first-order chi connectivity index (χ1) is 16.1. The number of hydrogen-bond donors (Lipinski definition) is 1. The Balaban J connectivity index is 1.41. The first-order valence-electron chi connectivity index (χ1n) is 11.3. The van der Waals surface area contributed by atoms with E-state index in [1.54, 1.807) is 0 Å². The molecule has 186 valence electrons. The zero-order valence-electron chi connectivity index (χ0n) is 19.5. The molecule has 1 saturated heterocycles. The molecule has 3 rings (SSSR count). The second kappa shape index (κ2) is 11.9. The summed E-state index contributed by atoms with van der Waals surface area (Å²) in [5.41, 5.74) is 2.72. The maximum atomic E-state index is 12.9. The van der Waals surface area contributed by atoms with Gasteiger partial charge in [-0.3, -0.25) is 9.00 Å². The molecule has 0 aliphatic carbocycles. The van der Waals surface area contributed by atoms with Crippen LogP contribution in [0.25, 0.3) is 0 Å². The summed E-state index contributed by atoms with van der Waals surface area (Å²) in [7, 11) is -3.66. The molecule has 0 radical (unpaired) electrons. The van der Waals surface area contributed by atoms with Crippen molar-refractivity contribution >= 4 is 27.0 Å². The van der Waals surface area contributed by atoms with Gasteiger partial charge in [-0.15, -0.1) is 0 Å². The number of aryl methyl sites for hydroxylation is 2. The number of amides is 1. The van der Waals surface area contributed by atoms with Crippen LogP contribution in [0, 0.1) is 13.8 Å². The number of rotatable bonds is 10. The van der Waals surface area contributed by atoms with Crippen molar-refractivity contribution in [1.82, 2.24) is 9.62 Å². The van der Waals surface area contributed by atoms with Crippen LogP contribution in [0.15, 0.2) is 47.4 Å². The zero-order chi connectivity index (χ0) is 24.7. The third kappa shape index (κ3) is 7.36. The van der Waals surface area contributed by atoms with Gasteiger partial charge in [-0.05, 0) is 68.0 Å². The van der Waals surface area contributed by atoms with Gasteiger partial charge in [-0.1, -0.05) is 35.3 Å². The Morgan fingerprint density at radius 2 is 1.82 bits per heavy atom. The summed E-state index contributed by atoms with van der Waals surface area (Å²) in [6, 6.07) is 11.9. The molecule has 1 atom stereocenters. The number of ether oxygens (including phenoxy) is 1. The molecule has 8 nitrogen and oxygen atoms in total. The third-order valence-corrected chi connectivity index (χ3v) is 8.30. The number of nitrogens with one attached hydrogen (secondary N) is 1. The molecular formula is C24H31N2O6S2-. The van der Waals surface area contributed by atoms with Gasteiger partial charge in [-0.25, -0.2) is 8.42 Å². The molecule has 1 unspecified atom stereocenters. The van der Waals surface area contributed by atoms with E-state index in [-0.39, 0.29) is 22.6 Å². The molecule has 1 fully saturated rings. The molecule has 2 aromatic carbocycles. The normalized spacial score (nSPS) is 16.2. The maximum absolute atomic E-state index is 12.9. The highest BCUT2D eigenvalue weighted by Crippen LogP contribution is 2.22. The predicted octanol–water partition coefficient (Wildman–Crippen LogP) is 2.81. The largest absolute Gasteiger partial charge is 0.772 e. The van der Waals surface area contributed by atoms with E-state index in [0.717, 1.165) is 16.9 Å². The summed E-state index contributed by atoms with van der Waals surface area (Å²) < 4.78 is 54.6. The Morgan fingerprint density at radius 1 is 1.15 bits per heavy atom. The molecule has 1 heterocycles. The van der Waals surface area contributed by atoms with Gasteiger partial charge >= 0.3 is 0 Å². The van der Waals surface area contributed by atoms with Gasteiger partial charge in [0, 0.05) is 31.3 Å². The van der Waals surface area contributed by atoms with Crippen LogP contribution >= 0.6 is 0 Å². The second-order valence-electron chi connectivity index (χ2n) is 8.56. The fraction of sp³-hybridized carbons (Fsp3) is 0.458. The van der Waals surface area contributed by atoms with Gasteiger partial charge in [0.1, 0.15) is 5.75 Å². The molecule has 0 spiro atoms. The van der Waals surface area contributed by atoms with Crippen LogP contribution < -0.4 is 10.1 Å². The van der Waals surface area contributed by atoms with Crippen LogP contribution in [-0.4, -0.2) is 53.1 Å². The number of hydrogen-bond acceptors (Lipinski definition) is 6. The first kappa shape index (κ1) is 26.3. The molecule has 34 heavy (non-hydrogen) atoms. The monoisotopic (exact) mass is 507 g/mol. The molecule has 1 aliphatic heterocycles. The van der Waals surface area contributed by atoms with E-state index in [0.29, 0.717) is 50.9 Å². The highest BCUT2D eigenvalue weighted by Gasteiger charge is 2.29. The minimum absolute atomic E-state index is 0.0581. The van der Waals surface area contributed by atoms with E-state index >= 15 is 0 Å². The number of benzene rings is 2. The van der Waals surface area contributed by atoms with E-state index < -0.39 is 21.1 Å². The number of carbonyl (C=O) groups is 1. The molecular weight excluding hydrogens is 476 g/mol. The summed E-state index contributed by atoms with van der Waals surface area (Å²) in [5.74, 6) is 0.629. The number of sulfonamides is 1. The third-order valence-electron chi connectivity index (χ3n) is 5.81. The lowest BCUT2D eigenvalue weighted by Gasteiger charge is -2.31. The van der Waals surface area contributed by atoms with Gasteiger partial charge in [0.05, 0.1) is 11.5 Å². The smallest absolute Gasteiger partial charge is 0.243 e. The lowest BCUT2D eigenvalue weighted by atomic mass is 10.1. The van der Waals surface area contributed by atoms with Crippen molar-refractivity contribution in [1.29, 1.82) is 0 Å². The lowest BCUT2D eigenvalue weighted by Crippen LogP contribution is -2.46. The topological polar surface area (TPSA) is 116 Å². The molecule has 0 saturated carbocycles.